The van der Waals surface area contributed by atoms with Crippen LogP contribution in [0.1, 0.15) is 10.4 Å². The lowest BCUT2D eigenvalue weighted by Gasteiger charge is -2.14. The van der Waals surface area contributed by atoms with Gasteiger partial charge in [0.05, 0.1) is 0 Å². The maximum atomic E-state index is 12.0. The fourth-order valence-electron chi connectivity index (χ4n) is 2.24. The molecule has 1 saturated heterocycles. The molecule has 3 rings (SSSR count). The van der Waals surface area contributed by atoms with Crippen molar-refractivity contribution in [1.82, 2.24) is 10.3 Å². The Bertz CT molecular complexity index is 767. The SMILES string of the molecule is O=C(Nc1ccc(N2CCNC2=O)cc1)c1ccc[nH]c1=O. The molecule has 1 aromatic carbocycles. The van der Waals surface area contributed by atoms with Crippen molar-refractivity contribution in [2.45, 2.75) is 0 Å². The number of aromatic nitrogens is 1. The summed E-state index contributed by atoms with van der Waals surface area (Å²) in [7, 11) is 0. The lowest BCUT2D eigenvalue weighted by Crippen LogP contribution is -2.27. The fraction of sp³-hybridized carbons (Fsp3) is 0.133. The summed E-state index contributed by atoms with van der Waals surface area (Å²) < 4.78 is 0. The first-order valence-electron chi connectivity index (χ1n) is 6.79. The summed E-state index contributed by atoms with van der Waals surface area (Å²) in [6, 6.07) is 9.78. The van der Waals surface area contributed by atoms with E-state index in [9.17, 15) is 14.4 Å². The van der Waals surface area contributed by atoms with Crippen molar-refractivity contribution in [3.8, 4) is 0 Å². The van der Waals surface area contributed by atoms with Gasteiger partial charge in [0.2, 0.25) is 0 Å². The number of benzene rings is 1. The predicted molar refractivity (Wildman–Crippen MR) is 82.2 cm³/mol. The van der Waals surface area contributed by atoms with Crippen LogP contribution in [0.4, 0.5) is 16.2 Å². The summed E-state index contributed by atoms with van der Waals surface area (Å²) in [5, 5.41) is 5.37. The molecule has 3 amide bonds. The number of nitrogens with one attached hydrogen (secondary N) is 3. The van der Waals surface area contributed by atoms with Crippen molar-refractivity contribution in [2.24, 2.45) is 0 Å². The molecule has 0 saturated carbocycles. The quantitative estimate of drug-likeness (QED) is 0.793. The summed E-state index contributed by atoms with van der Waals surface area (Å²) in [5.41, 5.74) is 0.915. The van der Waals surface area contributed by atoms with E-state index in [0.29, 0.717) is 18.8 Å². The zero-order valence-corrected chi connectivity index (χ0v) is 11.6. The highest BCUT2D eigenvalue weighted by atomic mass is 16.2. The molecule has 22 heavy (non-hydrogen) atoms. The Labute approximate surface area is 126 Å². The molecule has 3 N–H and O–H groups in total. The highest BCUT2D eigenvalue weighted by Crippen LogP contribution is 2.19. The molecule has 0 atom stereocenters. The van der Waals surface area contributed by atoms with E-state index in [2.05, 4.69) is 15.6 Å². The van der Waals surface area contributed by atoms with Crippen LogP contribution in [0.3, 0.4) is 0 Å². The van der Waals surface area contributed by atoms with Crippen molar-refractivity contribution in [1.29, 1.82) is 0 Å². The molecular weight excluding hydrogens is 284 g/mol. The maximum absolute atomic E-state index is 12.0. The highest BCUT2D eigenvalue weighted by molar-refractivity contribution is 6.04. The van der Waals surface area contributed by atoms with Crippen LogP contribution in [0.2, 0.25) is 0 Å². The number of nitrogens with zero attached hydrogens (tertiary/aromatic N) is 1. The monoisotopic (exact) mass is 298 g/mol. The van der Waals surface area contributed by atoms with Gasteiger partial charge < -0.3 is 15.6 Å². The second kappa shape index (κ2) is 5.72. The lowest BCUT2D eigenvalue weighted by molar-refractivity contribution is 0.102. The van der Waals surface area contributed by atoms with Crippen LogP contribution in [0.15, 0.2) is 47.4 Å². The summed E-state index contributed by atoms with van der Waals surface area (Å²) >= 11 is 0. The molecule has 2 aromatic rings. The lowest BCUT2D eigenvalue weighted by atomic mass is 10.2. The number of carbonyl (C=O) groups is 2. The van der Waals surface area contributed by atoms with Crippen molar-refractivity contribution >= 4 is 23.3 Å². The predicted octanol–water partition coefficient (Wildman–Crippen LogP) is 1.16. The first kappa shape index (κ1) is 13.9. The molecule has 1 fully saturated rings. The average molecular weight is 298 g/mol. The molecule has 0 spiro atoms. The molecule has 0 unspecified atom stereocenters. The van der Waals surface area contributed by atoms with Crippen molar-refractivity contribution < 1.29 is 9.59 Å². The van der Waals surface area contributed by atoms with E-state index in [4.69, 9.17) is 0 Å². The topological polar surface area (TPSA) is 94.3 Å². The van der Waals surface area contributed by atoms with E-state index in [1.165, 1.54) is 12.3 Å². The van der Waals surface area contributed by atoms with Gasteiger partial charge >= 0.3 is 6.03 Å². The summed E-state index contributed by atoms with van der Waals surface area (Å²) in [6.07, 6.45) is 1.47. The number of hydrogen-bond acceptors (Lipinski definition) is 3. The van der Waals surface area contributed by atoms with Gasteiger partial charge in [0, 0.05) is 30.7 Å². The Morgan fingerprint density at radius 1 is 1.14 bits per heavy atom. The molecule has 1 aromatic heterocycles. The number of urea groups is 1. The Morgan fingerprint density at radius 2 is 1.91 bits per heavy atom. The number of anilines is 2. The van der Waals surface area contributed by atoms with Crippen LogP contribution in [-0.4, -0.2) is 30.0 Å². The van der Waals surface area contributed by atoms with Gasteiger partial charge in [-0.15, -0.1) is 0 Å². The van der Waals surface area contributed by atoms with Crippen LogP contribution in [-0.2, 0) is 0 Å². The Kier molecular flexibility index (Phi) is 3.61. The normalized spacial score (nSPS) is 13.8. The molecule has 0 aliphatic carbocycles. The third-order valence-corrected chi connectivity index (χ3v) is 3.36. The first-order chi connectivity index (χ1) is 10.6. The van der Waals surface area contributed by atoms with E-state index in [1.807, 2.05) is 0 Å². The third kappa shape index (κ3) is 2.69. The van der Waals surface area contributed by atoms with Crippen LogP contribution in [0, 0.1) is 0 Å². The zero-order chi connectivity index (χ0) is 15.5. The number of carbonyl (C=O) groups excluding carboxylic acids is 2. The molecular formula is C15H14N4O3. The van der Waals surface area contributed by atoms with Gasteiger partial charge in [0.15, 0.2) is 0 Å². The number of aromatic amines is 1. The van der Waals surface area contributed by atoms with Gasteiger partial charge in [0.25, 0.3) is 11.5 Å². The Morgan fingerprint density at radius 3 is 2.55 bits per heavy atom. The molecule has 0 radical (unpaired) electrons. The van der Waals surface area contributed by atoms with Gasteiger partial charge in [-0.25, -0.2) is 4.79 Å². The molecule has 7 heteroatoms. The van der Waals surface area contributed by atoms with E-state index in [-0.39, 0.29) is 11.6 Å². The first-order valence-corrected chi connectivity index (χ1v) is 6.79. The Balaban J connectivity index is 1.74. The summed E-state index contributed by atoms with van der Waals surface area (Å²) in [6.45, 7) is 1.23. The minimum Gasteiger partial charge on any atom is -0.336 e. The smallest absolute Gasteiger partial charge is 0.321 e. The fourth-order valence-corrected chi connectivity index (χ4v) is 2.24. The molecule has 1 aliphatic rings. The number of H-pyrrole nitrogens is 1. The molecule has 1 aliphatic heterocycles. The van der Waals surface area contributed by atoms with Crippen LogP contribution < -0.4 is 21.1 Å². The average Bonchev–Trinajstić information content (AvgIpc) is 2.94. The standard InChI is InChI=1S/C15H14N4O3/c20-13-12(2-1-7-16-13)14(21)18-10-3-5-11(6-4-10)19-9-8-17-15(19)22/h1-7H,8-9H2,(H,16,20)(H,17,22)(H,18,21). The van der Waals surface area contributed by atoms with E-state index in [1.54, 1.807) is 35.2 Å². The number of pyridine rings is 1. The second-order valence-corrected chi connectivity index (χ2v) is 4.80. The minimum atomic E-state index is -0.478. The van der Waals surface area contributed by atoms with Crippen LogP contribution in [0.25, 0.3) is 0 Å². The molecule has 0 bridgehead atoms. The third-order valence-electron chi connectivity index (χ3n) is 3.36. The van der Waals surface area contributed by atoms with Gasteiger partial charge in [0.1, 0.15) is 5.56 Å². The van der Waals surface area contributed by atoms with Gasteiger partial charge in [-0.1, -0.05) is 0 Å². The molecule has 7 nitrogen and oxygen atoms in total. The van der Waals surface area contributed by atoms with E-state index in [0.717, 1.165) is 5.69 Å². The number of hydrogen-bond donors (Lipinski definition) is 3. The molecule has 112 valence electrons. The number of amides is 3. The van der Waals surface area contributed by atoms with Crippen molar-refractivity contribution in [3.63, 3.8) is 0 Å². The van der Waals surface area contributed by atoms with Gasteiger partial charge in [-0.2, -0.15) is 0 Å². The number of rotatable bonds is 3. The summed E-state index contributed by atoms with van der Waals surface area (Å²) in [5.74, 6) is -0.478. The van der Waals surface area contributed by atoms with E-state index >= 15 is 0 Å². The zero-order valence-electron chi connectivity index (χ0n) is 11.6. The highest BCUT2D eigenvalue weighted by Gasteiger charge is 2.20. The Hall–Kier alpha value is -3.09. The van der Waals surface area contributed by atoms with Gasteiger partial charge in [-0.3, -0.25) is 14.5 Å². The largest absolute Gasteiger partial charge is 0.336 e. The van der Waals surface area contributed by atoms with Crippen LogP contribution >= 0.6 is 0 Å². The second-order valence-electron chi connectivity index (χ2n) is 4.80. The van der Waals surface area contributed by atoms with Crippen LogP contribution in [0.5, 0.6) is 0 Å². The van der Waals surface area contributed by atoms with Crippen molar-refractivity contribution in [3.05, 3.63) is 58.5 Å². The molecule has 2 heterocycles. The maximum Gasteiger partial charge on any atom is 0.321 e. The van der Waals surface area contributed by atoms with Crippen molar-refractivity contribution in [2.75, 3.05) is 23.3 Å². The summed E-state index contributed by atoms with van der Waals surface area (Å²) in [4.78, 5) is 39.2. The van der Waals surface area contributed by atoms with E-state index < -0.39 is 11.5 Å². The van der Waals surface area contributed by atoms with Gasteiger partial charge in [-0.05, 0) is 36.4 Å². The minimum absolute atomic E-state index is 0.0468.